The van der Waals surface area contributed by atoms with Gasteiger partial charge in [0.25, 0.3) is 0 Å². The summed E-state index contributed by atoms with van der Waals surface area (Å²) in [4.78, 5) is 7.12. The van der Waals surface area contributed by atoms with Gasteiger partial charge in [0.1, 0.15) is 5.82 Å². The summed E-state index contributed by atoms with van der Waals surface area (Å²) < 4.78 is 0. The number of rotatable bonds is 1. The molecule has 0 radical (unpaired) electrons. The molecular weight excluding hydrogens is 124 g/mol. The average molecular weight is 134 g/mol. The van der Waals surface area contributed by atoms with Gasteiger partial charge in [-0.25, -0.2) is 4.98 Å². The van der Waals surface area contributed by atoms with Crippen LogP contribution in [0.15, 0.2) is 18.5 Å². The summed E-state index contributed by atoms with van der Waals surface area (Å²) in [5.74, 6) is 0.921. The number of aromatic nitrogens is 2. The molecule has 0 aromatic carbocycles. The number of nitrogens with one attached hydrogen (secondary N) is 1. The second-order valence-electron chi connectivity index (χ2n) is 2.18. The van der Waals surface area contributed by atoms with Gasteiger partial charge in [-0.2, -0.15) is 0 Å². The van der Waals surface area contributed by atoms with E-state index >= 15 is 0 Å². The van der Waals surface area contributed by atoms with Gasteiger partial charge in [0.2, 0.25) is 0 Å². The van der Waals surface area contributed by atoms with Crippen LogP contribution in [0.2, 0.25) is 0 Å². The maximum atomic E-state index is 4.04. The maximum Gasteiger partial charge on any atom is 0.103 e. The first-order chi connectivity index (χ1) is 4.74. The molecule has 0 atom stereocenters. The summed E-state index contributed by atoms with van der Waals surface area (Å²) in [6, 6.07) is 0. The first kappa shape index (κ1) is 6.84. The van der Waals surface area contributed by atoms with E-state index in [9.17, 15) is 0 Å². The van der Waals surface area contributed by atoms with Crippen LogP contribution in [0.25, 0.3) is 5.57 Å². The number of hydrogen-bond acceptors (Lipinski definition) is 1. The van der Waals surface area contributed by atoms with Gasteiger partial charge >= 0.3 is 0 Å². The molecule has 0 aliphatic carbocycles. The molecule has 1 aromatic heterocycles. The molecule has 0 amide bonds. The topological polar surface area (TPSA) is 28.7 Å². The number of allylic oxidation sites excluding steroid dienone is 1. The SMILES string of the molecule is C=C=C(C)c1cnc(C)[nH]1. The molecule has 1 heterocycles. The van der Waals surface area contributed by atoms with E-state index in [1.54, 1.807) is 6.20 Å². The lowest BCUT2D eigenvalue weighted by atomic mass is 10.2. The molecule has 10 heavy (non-hydrogen) atoms. The number of aromatic amines is 1. The van der Waals surface area contributed by atoms with Gasteiger partial charge in [0.15, 0.2) is 0 Å². The zero-order valence-electron chi connectivity index (χ0n) is 6.23. The van der Waals surface area contributed by atoms with Crippen LogP contribution >= 0.6 is 0 Å². The van der Waals surface area contributed by atoms with Crippen molar-refractivity contribution >= 4 is 5.57 Å². The standard InChI is InChI=1S/C8H10N2/c1-4-6(2)8-5-9-7(3)10-8/h5H,1H2,2-3H3,(H,9,10). The van der Waals surface area contributed by atoms with Gasteiger partial charge in [-0.05, 0) is 13.8 Å². The van der Waals surface area contributed by atoms with Gasteiger partial charge in [0, 0.05) is 5.57 Å². The molecule has 2 nitrogen and oxygen atoms in total. The van der Waals surface area contributed by atoms with E-state index in [0.29, 0.717) is 0 Å². The zero-order chi connectivity index (χ0) is 7.56. The normalized spacial score (nSPS) is 9.00. The Morgan fingerprint density at radius 1 is 1.80 bits per heavy atom. The average Bonchev–Trinajstić information content (AvgIpc) is 2.34. The zero-order valence-corrected chi connectivity index (χ0v) is 6.23. The highest BCUT2D eigenvalue weighted by molar-refractivity contribution is 5.58. The van der Waals surface area contributed by atoms with E-state index in [1.165, 1.54) is 0 Å². The van der Waals surface area contributed by atoms with Gasteiger partial charge in [-0.1, -0.05) is 6.58 Å². The molecule has 0 aliphatic heterocycles. The third kappa shape index (κ3) is 1.17. The lowest BCUT2D eigenvalue weighted by Gasteiger charge is -1.88. The third-order valence-electron chi connectivity index (χ3n) is 1.37. The van der Waals surface area contributed by atoms with Crippen LogP contribution in [0.1, 0.15) is 18.4 Å². The first-order valence-electron chi connectivity index (χ1n) is 3.12. The minimum Gasteiger partial charge on any atom is -0.342 e. The van der Waals surface area contributed by atoms with E-state index in [0.717, 1.165) is 17.1 Å². The van der Waals surface area contributed by atoms with Crippen molar-refractivity contribution in [2.45, 2.75) is 13.8 Å². The summed E-state index contributed by atoms with van der Waals surface area (Å²) in [7, 11) is 0. The lowest BCUT2D eigenvalue weighted by molar-refractivity contribution is 1.14. The van der Waals surface area contributed by atoms with E-state index < -0.39 is 0 Å². The van der Waals surface area contributed by atoms with Crippen molar-refractivity contribution in [1.29, 1.82) is 0 Å². The van der Waals surface area contributed by atoms with Crippen molar-refractivity contribution in [3.8, 4) is 0 Å². The van der Waals surface area contributed by atoms with Crippen molar-refractivity contribution in [2.75, 3.05) is 0 Å². The fraction of sp³-hybridized carbons (Fsp3) is 0.250. The molecule has 1 N–H and O–H groups in total. The smallest absolute Gasteiger partial charge is 0.103 e. The van der Waals surface area contributed by atoms with Crippen LogP contribution in [-0.2, 0) is 0 Å². The van der Waals surface area contributed by atoms with Crippen molar-refractivity contribution in [2.24, 2.45) is 0 Å². The Hall–Kier alpha value is -1.27. The second-order valence-corrected chi connectivity index (χ2v) is 2.18. The summed E-state index contributed by atoms with van der Waals surface area (Å²) in [5.41, 5.74) is 4.78. The summed E-state index contributed by atoms with van der Waals surface area (Å²) in [5, 5.41) is 0. The molecule has 0 saturated heterocycles. The molecule has 1 rings (SSSR count). The van der Waals surface area contributed by atoms with Crippen molar-refractivity contribution in [3.05, 3.63) is 30.0 Å². The molecule has 0 spiro atoms. The van der Waals surface area contributed by atoms with E-state index in [2.05, 4.69) is 22.3 Å². The quantitative estimate of drug-likeness (QED) is 0.584. The van der Waals surface area contributed by atoms with E-state index in [4.69, 9.17) is 0 Å². The molecule has 0 aliphatic rings. The Morgan fingerprint density at radius 3 is 2.90 bits per heavy atom. The molecular formula is C8H10N2. The molecule has 1 aromatic rings. The maximum absolute atomic E-state index is 4.04. The van der Waals surface area contributed by atoms with Crippen LogP contribution in [0.3, 0.4) is 0 Å². The molecule has 0 bridgehead atoms. The molecule has 0 fully saturated rings. The fourth-order valence-electron chi connectivity index (χ4n) is 0.707. The highest BCUT2D eigenvalue weighted by atomic mass is 14.9. The number of aryl methyl sites for hydroxylation is 1. The Bertz CT molecular complexity index is 277. The Balaban J connectivity index is 3.07. The molecule has 0 saturated carbocycles. The second kappa shape index (κ2) is 2.54. The van der Waals surface area contributed by atoms with Crippen LogP contribution in [0.4, 0.5) is 0 Å². The van der Waals surface area contributed by atoms with Crippen molar-refractivity contribution in [3.63, 3.8) is 0 Å². The van der Waals surface area contributed by atoms with Gasteiger partial charge in [0.05, 0.1) is 11.9 Å². The molecule has 52 valence electrons. The molecule has 2 heteroatoms. The highest BCUT2D eigenvalue weighted by Crippen LogP contribution is 2.07. The minimum atomic E-state index is 0.921. The summed E-state index contributed by atoms with van der Waals surface area (Å²) >= 11 is 0. The van der Waals surface area contributed by atoms with E-state index in [-0.39, 0.29) is 0 Å². The molecule has 0 unspecified atom stereocenters. The van der Waals surface area contributed by atoms with Crippen LogP contribution in [0, 0.1) is 6.92 Å². The fourth-order valence-corrected chi connectivity index (χ4v) is 0.707. The third-order valence-corrected chi connectivity index (χ3v) is 1.37. The predicted octanol–water partition coefficient (Wildman–Crippen LogP) is 1.91. The van der Waals surface area contributed by atoms with Crippen molar-refractivity contribution < 1.29 is 0 Å². The lowest BCUT2D eigenvalue weighted by Crippen LogP contribution is -1.76. The Labute approximate surface area is 60.3 Å². The van der Waals surface area contributed by atoms with Gasteiger partial charge in [-0.15, -0.1) is 5.73 Å². The van der Waals surface area contributed by atoms with Crippen LogP contribution in [0.5, 0.6) is 0 Å². The van der Waals surface area contributed by atoms with Gasteiger partial charge < -0.3 is 4.98 Å². The number of nitrogens with zero attached hydrogens (tertiary/aromatic N) is 1. The van der Waals surface area contributed by atoms with Crippen LogP contribution < -0.4 is 0 Å². The first-order valence-corrected chi connectivity index (χ1v) is 3.12. The monoisotopic (exact) mass is 134 g/mol. The van der Waals surface area contributed by atoms with Crippen LogP contribution in [-0.4, -0.2) is 9.97 Å². The Morgan fingerprint density at radius 2 is 2.50 bits per heavy atom. The number of hydrogen-bond donors (Lipinski definition) is 1. The van der Waals surface area contributed by atoms with Crippen molar-refractivity contribution in [1.82, 2.24) is 9.97 Å². The summed E-state index contributed by atoms with van der Waals surface area (Å²) in [6.07, 6.45) is 1.78. The minimum absolute atomic E-state index is 0.921. The highest BCUT2D eigenvalue weighted by Gasteiger charge is 1.95. The van der Waals surface area contributed by atoms with E-state index in [1.807, 2.05) is 13.8 Å². The largest absolute Gasteiger partial charge is 0.342 e. The number of imidazole rings is 1. The summed E-state index contributed by atoms with van der Waals surface area (Å²) in [6.45, 7) is 7.40. The Kier molecular flexibility index (Phi) is 1.74. The number of H-pyrrole nitrogens is 1. The van der Waals surface area contributed by atoms with Gasteiger partial charge in [-0.3, -0.25) is 0 Å². The predicted molar refractivity (Wildman–Crippen MR) is 41.5 cm³/mol.